The van der Waals surface area contributed by atoms with E-state index in [1.54, 1.807) is 0 Å². The van der Waals surface area contributed by atoms with Gasteiger partial charge in [0.05, 0.1) is 0 Å². The van der Waals surface area contributed by atoms with Crippen LogP contribution in [0.2, 0.25) is 0 Å². The third-order valence-electron chi connectivity index (χ3n) is 0. The van der Waals surface area contributed by atoms with Crippen LogP contribution in [-0.4, -0.2) is 0 Å². The van der Waals surface area contributed by atoms with Crippen molar-refractivity contribution >= 4 is 0 Å². The average molecular weight is 164 g/mol. The van der Waals surface area contributed by atoms with Crippen LogP contribution in [0.3, 0.4) is 0 Å². The molecule has 0 aliphatic carbocycles. The van der Waals surface area contributed by atoms with Gasteiger partial charge in [-0.2, -0.15) is 0 Å². The topological polar surface area (TPSA) is 0 Å². The van der Waals surface area contributed by atoms with Gasteiger partial charge in [0.1, 0.15) is 0 Å². The Labute approximate surface area is 152 Å². The third kappa shape index (κ3) is 17.6. The Hall–Kier alpha value is 4.95. The molecule has 0 saturated heterocycles. The Kier molecular flexibility index (Phi) is 150. The van der Waals surface area contributed by atoms with Gasteiger partial charge in [0.2, 0.25) is 0 Å². The van der Waals surface area contributed by atoms with Gasteiger partial charge in [-0.25, -0.2) is 0 Å². The molecule has 0 heterocycles. The van der Waals surface area contributed by atoms with Crippen molar-refractivity contribution < 1.29 is 157 Å². The maximum atomic E-state index is 0. The first-order valence-corrected chi connectivity index (χ1v) is 0. The summed E-state index contributed by atoms with van der Waals surface area (Å²) in [5.41, 5.74) is 0. The molecule has 0 aromatic rings. The molecule has 0 bridgehead atoms. The fourth-order valence-corrected chi connectivity index (χ4v) is 0. The minimum Gasteiger partial charge on any atom is 0 e. The van der Waals surface area contributed by atoms with Crippen LogP contribution in [0.5, 0.6) is 0 Å². The van der Waals surface area contributed by atoms with Crippen LogP contribution in [0.25, 0.3) is 0 Å². The van der Waals surface area contributed by atoms with E-state index in [2.05, 4.69) is 0 Å². The minimum atomic E-state index is 0. The van der Waals surface area contributed by atoms with Crippen molar-refractivity contribution in [1.82, 2.24) is 0 Å². The quantitative estimate of drug-likeness (QED) is 0.472. The monoisotopic (exact) mass is 164 g/mol. The smallest absolute Gasteiger partial charge is 0 e. The molecule has 0 N–H and O–H groups in total. The summed E-state index contributed by atoms with van der Waals surface area (Å²) >= 11 is 0. The molecule has 0 unspecified atom stereocenters. The normalized spacial score (nSPS) is 0. The van der Waals surface area contributed by atoms with Crippen molar-refractivity contribution in [3.63, 3.8) is 0 Å². The Balaban J connectivity index is 0. The Morgan fingerprint density at radius 1 is 0.400 bits per heavy atom. The van der Waals surface area contributed by atoms with E-state index < -0.39 is 0 Å². The summed E-state index contributed by atoms with van der Waals surface area (Å²) < 4.78 is 0. The van der Waals surface area contributed by atoms with Crippen molar-refractivity contribution in [2.24, 2.45) is 0 Å². The van der Waals surface area contributed by atoms with Crippen LogP contribution in [0.4, 0.5) is 0 Å². The number of hydrogen-bond acceptors (Lipinski definition) is 0. The zero-order chi connectivity index (χ0) is 0. The standard InChI is InChI=1S/4Ar.He. The molecule has 0 aliphatic heterocycles. The summed E-state index contributed by atoms with van der Waals surface area (Å²) in [4.78, 5) is 0. The fraction of sp³-hybridized carbons (Fsp3) is 0. The van der Waals surface area contributed by atoms with Gasteiger partial charge in [0.15, 0.2) is 0 Å². The molecule has 34 valence electrons. The summed E-state index contributed by atoms with van der Waals surface area (Å²) in [5, 5.41) is 0. The number of rotatable bonds is 0. The van der Waals surface area contributed by atoms with Gasteiger partial charge >= 0.3 is 0 Å². The van der Waals surface area contributed by atoms with E-state index in [-0.39, 0.29) is 157 Å². The SMILES string of the molecule is [Ar].[Ar].[Ar].[Ar].[He]. The summed E-state index contributed by atoms with van der Waals surface area (Å²) in [6, 6.07) is 0. The molecule has 0 aromatic heterocycles. The molecule has 0 nitrogen and oxygen atoms in total. The third-order valence-corrected chi connectivity index (χ3v) is 0. The summed E-state index contributed by atoms with van der Waals surface area (Å²) in [6.45, 7) is 0. The van der Waals surface area contributed by atoms with E-state index in [9.17, 15) is 0 Å². The van der Waals surface area contributed by atoms with Gasteiger partial charge in [0.25, 0.3) is 0 Å². The van der Waals surface area contributed by atoms with Gasteiger partial charge < -0.3 is 0 Å². The Morgan fingerprint density at radius 3 is 0.400 bits per heavy atom. The summed E-state index contributed by atoms with van der Waals surface area (Å²) in [7, 11) is 0. The van der Waals surface area contributed by atoms with Crippen LogP contribution in [-0.2, 0) is 0 Å². The van der Waals surface area contributed by atoms with E-state index in [1.165, 1.54) is 0 Å². The fourth-order valence-electron chi connectivity index (χ4n) is 0. The zero-order valence-corrected chi connectivity index (χ0v) is 4.95. The zero-order valence-electron chi connectivity index (χ0n) is 2.12. The van der Waals surface area contributed by atoms with Crippen LogP contribution < -0.4 is 0 Å². The first kappa shape index (κ1) is 32.5. The van der Waals surface area contributed by atoms with E-state index in [0.29, 0.717) is 0 Å². The van der Waals surface area contributed by atoms with Crippen molar-refractivity contribution in [1.29, 1.82) is 0 Å². The Bertz CT molecular complexity index is 3.61. The van der Waals surface area contributed by atoms with Crippen molar-refractivity contribution in [3.05, 3.63) is 0 Å². The molecule has 0 spiro atoms. The van der Waals surface area contributed by atoms with Gasteiger partial charge in [-0.15, -0.1) is 0 Å². The second kappa shape index (κ2) is 23.1. The van der Waals surface area contributed by atoms with E-state index >= 15 is 0 Å². The molecule has 0 rings (SSSR count). The molecule has 0 atom stereocenters. The Morgan fingerprint density at radius 2 is 0.400 bits per heavy atom. The van der Waals surface area contributed by atoms with E-state index in [0.717, 1.165) is 0 Å². The van der Waals surface area contributed by atoms with Gasteiger partial charge in [0, 0.05) is 157 Å². The molecular formula is Ar4He. The first-order valence-electron chi connectivity index (χ1n) is 0. The molecule has 5 heavy (non-hydrogen) atoms. The molecule has 0 fully saturated rings. The van der Waals surface area contributed by atoms with Crippen LogP contribution in [0.1, 0.15) is 0 Å². The molecule has 0 saturated carbocycles. The second-order valence-corrected chi connectivity index (χ2v) is 0. The molecule has 5 heteroatoms. The van der Waals surface area contributed by atoms with E-state index in [4.69, 9.17) is 0 Å². The summed E-state index contributed by atoms with van der Waals surface area (Å²) in [6.07, 6.45) is 0. The molecule has 0 aliphatic rings. The van der Waals surface area contributed by atoms with Crippen LogP contribution in [0.15, 0.2) is 0 Å². The van der Waals surface area contributed by atoms with Crippen LogP contribution >= 0.6 is 0 Å². The average Bonchev–Trinajstić information content (AvgIpc) is 0. The van der Waals surface area contributed by atoms with Crippen LogP contribution in [0, 0.1) is 157 Å². The molecule has 0 aromatic carbocycles. The van der Waals surface area contributed by atoms with Crippen molar-refractivity contribution in [2.45, 2.75) is 0 Å². The van der Waals surface area contributed by atoms with E-state index in [1.807, 2.05) is 0 Å². The second-order valence-electron chi connectivity index (χ2n) is 0. The molecule has 0 amide bonds. The van der Waals surface area contributed by atoms with Gasteiger partial charge in [-0.05, 0) is 0 Å². The maximum absolute atomic E-state index is 0. The predicted octanol–water partition coefficient (Wildman–Crippen LogP) is 0. The molecule has 0 radical (unpaired) electrons. The van der Waals surface area contributed by atoms with Crippen molar-refractivity contribution in [3.8, 4) is 0 Å². The van der Waals surface area contributed by atoms with Gasteiger partial charge in [-0.1, -0.05) is 0 Å². The first-order chi connectivity index (χ1) is 0. The maximum Gasteiger partial charge on any atom is 0 e. The van der Waals surface area contributed by atoms with Crippen molar-refractivity contribution in [2.75, 3.05) is 0 Å². The minimum absolute atomic E-state index is 0. The predicted molar refractivity (Wildman–Crippen MR) is 0 cm³/mol. The van der Waals surface area contributed by atoms with Gasteiger partial charge in [-0.3, -0.25) is 0 Å². The summed E-state index contributed by atoms with van der Waals surface area (Å²) in [5.74, 6) is 0. The molecular weight excluding hydrogens is 164 g/mol. The number of hydrogen-bond donors (Lipinski definition) is 0. The largest absolute Gasteiger partial charge is 0 e.